The van der Waals surface area contributed by atoms with Crippen LogP contribution in [0.2, 0.25) is 0 Å². The van der Waals surface area contributed by atoms with Gasteiger partial charge in [-0.25, -0.2) is 4.79 Å². The minimum Gasteiger partial charge on any atom is -0.466 e. The van der Waals surface area contributed by atoms with Crippen molar-refractivity contribution < 1.29 is 9.53 Å². The number of carbonyl (C=O) groups excluding carboxylic acids is 1. The zero-order valence-corrected chi connectivity index (χ0v) is 12.3. The smallest absolute Gasteiger partial charge is 0.330 e. The molecule has 0 heterocycles. The molecule has 0 radical (unpaired) electrons. The van der Waals surface area contributed by atoms with E-state index in [4.69, 9.17) is 0 Å². The quantitative estimate of drug-likeness (QED) is 0.371. The van der Waals surface area contributed by atoms with E-state index in [1.165, 1.54) is 13.2 Å². The molecule has 0 spiro atoms. The first kappa shape index (κ1) is 15.3. The fourth-order valence-corrected chi connectivity index (χ4v) is 1.78. The molecule has 0 aliphatic carbocycles. The van der Waals surface area contributed by atoms with E-state index in [9.17, 15) is 4.79 Å². The van der Waals surface area contributed by atoms with Crippen molar-refractivity contribution >= 4 is 11.5 Å². The number of benzene rings is 2. The van der Waals surface area contributed by atoms with Gasteiger partial charge in [0.1, 0.15) is 0 Å². The monoisotopic (exact) mass is 288 g/mol. The van der Waals surface area contributed by atoms with Gasteiger partial charge >= 0.3 is 5.97 Å². The van der Waals surface area contributed by atoms with E-state index in [2.05, 4.69) is 16.6 Å². The summed E-state index contributed by atoms with van der Waals surface area (Å²) in [6.07, 6.45) is 4.82. The van der Waals surface area contributed by atoms with Crippen LogP contribution in [-0.4, -0.2) is 13.1 Å². The minimum atomic E-state index is -0.389. The molecule has 22 heavy (non-hydrogen) atoms. The molecule has 2 aromatic rings. The number of hydrogen-bond acceptors (Lipinski definition) is 2. The summed E-state index contributed by atoms with van der Waals surface area (Å²) in [7, 11) is 1.35. The second-order valence-corrected chi connectivity index (χ2v) is 4.44. The lowest BCUT2D eigenvalue weighted by Gasteiger charge is -1.98. The lowest BCUT2D eigenvalue weighted by Crippen LogP contribution is -1.92. The number of rotatable bonds is 3. The van der Waals surface area contributed by atoms with Crippen LogP contribution >= 0.6 is 0 Å². The van der Waals surface area contributed by atoms with Crippen molar-refractivity contribution in [3.05, 3.63) is 90.0 Å². The van der Waals surface area contributed by atoms with Gasteiger partial charge in [-0.1, -0.05) is 66.4 Å². The SMILES string of the molecule is COC(=O)/C=C\C=C(/C#Cc1ccccc1)c1ccccc1. The number of allylic oxidation sites excluding steroid dienone is 3. The summed E-state index contributed by atoms with van der Waals surface area (Å²) in [6, 6.07) is 19.6. The lowest BCUT2D eigenvalue weighted by atomic mass is 10.1. The summed E-state index contributed by atoms with van der Waals surface area (Å²) in [4.78, 5) is 11.1. The molecule has 0 fully saturated rings. The molecule has 2 rings (SSSR count). The van der Waals surface area contributed by atoms with Crippen molar-refractivity contribution in [2.24, 2.45) is 0 Å². The van der Waals surface area contributed by atoms with Gasteiger partial charge in [0.25, 0.3) is 0 Å². The lowest BCUT2D eigenvalue weighted by molar-refractivity contribution is -0.134. The molecule has 0 N–H and O–H groups in total. The van der Waals surface area contributed by atoms with Crippen molar-refractivity contribution in [2.75, 3.05) is 7.11 Å². The Bertz CT molecular complexity index is 730. The second-order valence-electron chi connectivity index (χ2n) is 4.44. The fourth-order valence-electron chi connectivity index (χ4n) is 1.78. The molecule has 0 aliphatic rings. The van der Waals surface area contributed by atoms with E-state index in [-0.39, 0.29) is 5.97 Å². The van der Waals surface area contributed by atoms with Gasteiger partial charge in [0, 0.05) is 17.2 Å². The van der Waals surface area contributed by atoms with Crippen molar-refractivity contribution in [1.82, 2.24) is 0 Å². The zero-order valence-electron chi connectivity index (χ0n) is 12.3. The number of esters is 1. The summed E-state index contributed by atoms with van der Waals surface area (Å²) in [5.41, 5.74) is 2.78. The van der Waals surface area contributed by atoms with Gasteiger partial charge < -0.3 is 4.74 Å². The molecule has 0 saturated carbocycles. The predicted molar refractivity (Wildman–Crippen MR) is 88.9 cm³/mol. The Balaban J connectivity index is 2.31. The van der Waals surface area contributed by atoms with Crippen molar-refractivity contribution in [1.29, 1.82) is 0 Å². The highest BCUT2D eigenvalue weighted by atomic mass is 16.5. The largest absolute Gasteiger partial charge is 0.466 e. The van der Waals surface area contributed by atoms with Gasteiger partial charge in [-0.15, -0.1) is 0 Å². The average Bonchev–Trinajstić information content (AvgIpc) is 2.59. The molecule has 0 aromatic heterocycles. The summed E-state index contributed by atoms with van der Waals surface area (Å²) in [6.45, 7) is 0. The first-order valence-corrected chi connectivity index (χ1v) is 6.88. The Kier molecular flexibility index (Phi) is 5.78. The van der Waals surface area contributed by atoms with Crippen molar-refractivity contribution in [3.8, 4) is 11.8 Å². The average molecular weight is 288 g/mol. The highest BCUT2D eigenvalue weighted by Gasteiger charge is 1.96. The first-order valence-electron chi connectivity index (χ1n) is 6.88. The number of ether oxygens (including phenoxy) is 1. The van der Waals surface area contributed by atoms with Crippen LogP contribution in [0.4, 0.5) is 0 Å². The molecule has 0 atom stereocenters. The van der Waals surface area contributed by atoms with E-state index < -0.39 is 0 Å². The molecule has 2 nitrogen and oxygen atoms in total. The molecule has 0 amide bonds. The molecule has 0 bridgehead atoms. The van der Waals surface area contributed by atoms with Gasteiger partial charge in [0.05, 0.1) is 7.11 Å². The van der Waals surface area contributed by atoms with Crippen LogP contribution in [-0.2, 0) is 9.53 Å². The number of carbonyl (C=O) groups is 1. The summed E-state index contributed by atoms with van der Waals surface area (Å²) < 4.78 is 4.58. The van der Waals surface area contributed by atoms with Crippen LogP contribution in [0.5, 0.6) is 0 Å². The minimum absolute atomic E-state index is 0.389. The summed E-state index contributed by atoms with van der Waals surface area (Å²) >= 11 is 0. The predicted octanol–water partition coefficient (Wildman–Crippen LogP) is 3.85. The van der Waals surface area contributed by atoms with Crippen molar-refractivity contribution in [2.45, 2.75) is 0 Å². The third-order valence-electron chi connectivity index (χ3n) is 2.90. The van der Waals surface area contributed by atoms with E-state index >= 15 is 0 Å². The Morgan fingerprint density at radius 3 is 2.27 bits per heavy atom. The maximum atomic E-state index is 11.1. The highest BCUT2D eigenvalue weighted by Crippen LogP contribution is 2.13. The third kappa shape index (κ3) is 4.81. The molecule has 108 valence electrons. The van der Waals surface area contributed by atoms with E-state index in [1.54, 1.807) is 6.08 Å². The van der Waals surface area contributed by atoms with Crippen molar-refractivity contribution in [3.63, 3.8) is 0 Å². The molecular formula is C20H16O2. The maximum absolute atomic E-state index is 11.1. The Hall–Kier alpha value is -3.05. The molecule has 0 unspecified atom stereocenters. The first-order chi connectivity index (χ1) is 10.8. The van der Waals surface area contributed by atoms with Gasteiger partial charge in [-0.3, -0.25) is 0 Å². The number of hydrogen-bond donors (Lipinski definition) is 0. The second kappa shape index (κ2) is 8.28. The van der Waals surface area contributed by atoms with Crippen LogP contribution in [0, 0.1) is 11.8 Å². The summed E-state index contributed by atoms with van der Waals surface area (Å²) in [5.74, 6) is 5.89. The van der Waals surface area contributed by atoms with E-state index in [0.717, 1.165) is 16.7 Å². The van der Waals surface area contributed by atoms with E-state index in [0.29, 0.717) is 0 Å². The highest BCUT2D eigenvalue weighted by molar-refractivity contribution is 5.84. The van der Waals surface area contributed by atoms with Crippen LogP contribution in [0.25, 0.3) is 5.57 Å². The van der Waals surface area contributed by atoms with Crippen LogP contribution < -0.4 is 0 Å². The molecule has 2 aromatic carbocycles. The van der Waals surface area contributed by atoms with Crippen LogP contribution in [0.3, 0.4) is 0 Å². The summed E-state index contributed by atoms with van der Waals surface area (Å²) in [5, 5.41) is 0. The van der Waals surface area contributed by atoms with Gasteiger partial charge in [-0.05, 0) is 23.8 Å². The Morgan fingerprint density at radius 2 is 1.64 bits per heavy atom. The van der Waals surface area contributed by atoms with Gasteiger partial charge in [0.2, 0.25) is 0 Å². The van der Waals surface area contributed by atoms with Crippen LogP contribution in [0.1, 0.15) is 11.1 Å². The Labute approximate surface area is 130 Å². The molecule has 0 aliphatic heterocycles. The topological polar surface area (TPSA) is 26.3 Å². The van der Waals surface area contributed by atoms with Gasteiger partial charge in [0.15, 0.2) is 0 Å². The fraction of sp³-hybridized carbons (Fsp3) is 0.0500. The van der Waals surface area contributed by atoms with Crippen LogP contribution in [0.15, 0.2) is 78.9 Å². The zero-order chi connectivity index (χ0) is 15.6. The number of methoxy groups -OCH3 is 1. The molecule has 0 saturated heterocycles. The Morgan fingerprint density at radius 1 is 1.00 bits per heavy atom. The molecular weight excluding hydrogens is 272 g/mol. The molecule has 2 heteroatoms. The van der Waals surface area contributed by atoms with E-state index in [1.807, 2.05) is 66.7 Å². The third-order valence-corrected chi connectivity index (χ3v) is 2.90. The maximum Gasteiger partial charge on any atom is 0.330 e. The standard InChI is InChI=1S/C20H16O2/c1-22-20(21)14-8-13-19(18-11-6-3-7-12-18)16-15-17-9-4-2-5-10-17/h2-14H,1H3/b14-8-,19-13+. The normalized spacial score (nSPS) is 10.9. The van der Waals surface area contributed by atoms with Gasteiger partial charge in [-0.2, -0.15) is 0 Å².